The number of carbonyl (C=O) groups excluding carboxylic acids is 2. The first-order valence-corrected chi connectivity index (χ1v) is 9.03. The highest BCUT2D eigenvalue weighted by Gasteiger charge is 2.54. The Kier molecular flexibility index (Phi) is 4.02. The average molecular weight is 332 g/mol. The third-order valence-electron chi connectivity index (χ3n) is 5.94. The molecule has 1 aliphatic heterocycles. The van der Waals surface area contributed by atoms with Crippen LogP contribution in [0.3, 0.4) is 0 Å². The lowest BCUT2D eigenvalue weighted by molar-refractivity contribution is -0.150. The first-order chi connectivity index (χ1) is 11.7. The van der Waals surface area contributed by atoms with Gasteiger partial charge in [0.1, 0.15) is 18.3 Å². The van der Waals surface area contributed by atoms with Crippen LogP contribution in [0.1, 0.15) is 63.8 Å². The highest BCUT2D eigenvalue weighted by molar-refractivity contribution is 5.88. The minimum absolute atomic E-state index is 0.00644. The zero-order chi connectivity index (χ0) is 16.6. The number of rotatable bonds is 3. The minimum atomic E-state index is -0.515. The number of amides is 1. The second kappa shape index (κ2) is 6.18. The van der Waals surface area contributed by atoms with Gasteiger partial charge in [0, 0.05) is 6.04 Å². The molecule has 0 bridgehead atoms. The summed E-state index contributed by atoms with van der Waals surface area (Å²) in [4.78, 5) is 28.5. The monoisotopic (exact) mass is 332 g/mol. The zero-order valence-corrected chi connectivity index (χ0v) is 13.8. The van der Waals surface area contributed by atoms with Crippen molar-refractivity contribution < 1.29 is 14.3 Å². The van der Waals surface area contributed by atoms with Crippen LogP contribution in [-0.4, -0.2) is 38.3 Å². The van der Waals surface area contributed by atoms with Gasteiger partial charge in [-0.05, 0) is 51.4 Å². The number of esters is 1. The number of carbonyl (C=O) groups is 2. The standard InChI is InChI=1S/C17H24N4O3/c22-15-9-14(17(24-15)7-1-2-8-17)16(23)20-12-3-5-13(6-4-12)21-11-18-10-19-21/h10-14H,1-9H2,(H,20,23). The molecule has 1 amide bonds. The van der Waals surface area contributed by atoms with Crippen LogP contribution in [0.5, 0.6) is 0 Å². The molecule has 4 rings (SSSR count). The van der Waals surface area contributed by atoms with E-state index in [0.29, 0.717) is 6.04 Å². The predicted molar refractivity (Wildman–Crippen MR) is 84.9 cm³/mol. The van der Waals surface area contributed by atoms with Gasteiger partial charge in [-0.3, -0.25) is 9.59 Å². The molecule has 130 valence electrons. The summed E-state index contributed by atoms with van der Waals surface area (Å²) in [6, 6.07) is 0.560. The molecule has 3 fully saturated rings. The van der Waals surface area contributed by atoms with E-state index in [4.69, 9.17) is 4.74 Å². The van der Waals surface area contributed by atoms with Crippen molar-refractivity contribution >= 4 is 11.9 Å². The van der Waals surface area contributed by atoms with Gasteiger partial charge in [0.15, 0.2) is 0 Å². The molecule has 1 spiro atoms. The first-order valence-electron chi connectivity index (χ1n) is 9.03. The van der Waals surface area contributed by atoms with Gasteiger partial charge in [-0.15, -0.1) is 0 Å². The Bertz CT molecular complexity index is 601. The number of hydrogen-bond acceptors (Lipinski definition) is 5. The zero-order valence-electron chi connectivity index (χ0n) is 13.8. The summed E-state index contributed by atoms with van der Waals surface area (Å²) in [6.45, 7) is 0. The largest absolute Gasteiger partial charge is 0.458 e. The minimum Gasteiger partial charge on any atom is -0.458 e. The van der Waals surface area contributed by atoms with E-state index < -0.39 is 5.60 Å². The van der Waals surface area contributed by atoms with Gasteiger partial charge in [0.25, 0.3) is 0 Å². The van der Waals surface area contributed by atoms with Gasteiger partial charge < -0.3 is 10.1 Å². The Morgan fingerprint density at radius 3 is 2.67 bits per heavy atom. The molecule has 2 saturated carbocycles. The Morgan fingerprint density at radius 1 is 1.25 bits per heavy atom. The van der Waals surface area contributed by atoms with E-state index >= 15 is 0 Å². The van der Waals surface area contributed by atoms with Crippen molar-refractivity contribution in [3.05, 3.63) is 12.7 Å². The van der Waals surface area contributed by atoms with Crippen LogP contribution in [0.2, 0.25) is 0 Å². The van der Waals surface area contributed by atoms with E-state index in [0.717, 1.165) is 51.4 Å². The highest BCUT2D eigenvalue weighted by atomic mass is 16.6. The number of aromatic nitrogens is 3. The summed E-state index contributed by atoms with van der Waals surface area (Å²) in [5, 5.41) is 7.39. The molecule has 7 nitrogen and oxygen atoms in total. The number of nitrogens with zero attached hydrogens (tertiary/aromatic N) is 3. The Hall–Kier alpha value is -1.92. The maximum Gasteiger partial charge on any atom is 0.307 e. The lowest BCUT2D eigenvalue weighted by Crippen LogP contribution is -2.47. The average Bonchev–Trinajstić information content (AvgIpc) is 3.31. The third-order valence-corrected chi connectivity index (χ3v) is 5.94. The molecule has 0 aromatic carbocycles. The van der Waals surface area contributed by atoms with E-state index in [1.165, 1.54) is 0 Å². The van der Waals surface area contributed by atoms with Crippen molar-refractivity contribution in [1.82, 2.24) is 20.1 Å². The smallest absolute Gasteiger partial charge is 0.307 e. The molecule has 7 heteroatoms. The van der Waals surface area contributed by atoms with Crippen molar-refractivity contribution in [3.8, 4) is 0 Å². The number of nitrogens with one attached hydrogen (secondary N) is 1. The van der Waals surface area contributed by atoms with Gasteiger partial charge in [-0.25, -0.2) is 9.67 Å². The molecule has 24 heavy (non-hydrogen) atoms. The molecule has 1 N–H and O–H groups in total. The van der Waals surface area contributed by atoms with E-state index in [1.54, 1.807) is 12.7 Å². The van der Waals surface area contributed by atoms with Crippen LogP contribution in [0, 0.1) is 5.92 Å². The van der Waals surface area contributed by atoms with Crippen LogP contribution in [0.4, 0.5) is 0 Å². The summed E-state index contributed by atoms with van der Waals surface area (Å²) in [5.41, 5.74) is -0.515. The van der Waals surface area contributed by atoms with Gasteiger partial charge in [0.05, 0.1) is 18.4 Å². The lowest BCUT2D eigenvalue weighted by Gasteiger charge is -2.32. The van der Waals surface area contributed by atoms with Gasteiger partial charge in [-0.1, -0.05) is 0 Å². The van der Waals surface area contributed by atoms with Gasteiger partial charge in [-0.2, -0.15) is 5.10 Å². The summed E-state index contributed by atoms with van der Waals surface area (Å²) in [7, 11) is 0. The molecule has 2 aliphatic carbocycles. The number of ether oxygens (including phenoxy) is 1. The molecule has 1 aromatic rings. The van der Waals surface area contributed by atoms with E-state index in [9.17, 15) is 9.59 Å². The highest BCUT2D eigenvalue weighted by Crippen LogP contribution is 2.45. The quantitative estimate of drug-likeness (QED) is 0.852. The second-order valence-electron chi connectivity index (χ2n) is 7.39. The van der Waals surface area contributed by atoms with Crippen molar-refractivity contribution in [2.75, 3.05) is 0 Å². The third kappa shape index (κ3) is 2.80. The van der Waals surface area contributed by atoms with Crippen LogP contribution in [-0.2, 0) is 14.3 Å². The fourth-order valence-electron chi connectivity index (χ4n) is 4.64. The van der Waals surface area contributed by atoms with E-state index in [1.807, 2.05) is 4.68 Å². The van der Waals surface area contributed by atoms with E-state index in [-0.39, 0.29) is 30.3 Å². The van der Waals surface area contributed by atoms with Crippen molar-refractivity contribution in [3.63, 3.8) is 0 Å². The molecule has 1 saturated heterocycles. The molecular formula is C17H24N4O3. The molecule has 1 unspecified atom stereocenters. The Morgan fingerprint density at radius 2 is 2.00 bits per heavy atom. The van der Waals surface area contributed by atoms with Crippen LogP contribution in [0.15, 0.2) is 12.7 Å². The maximum atomic E-state index is 12.8. The number of hydrogen-bond donors (Lipinski definition) is 1. The first kappa shape index (κ1) is 15.6. The van der Waals surface area contributed by atoms with Crippen molar-refractivity contribution in [2.45, 2.75) is 75.5 Å². The summed E-state index contributed by atoms with van der Waals surface area (Å²) < 4.78 is 7.49. The second-order valence-corrected chi connectivity index (χ2v) is 7.39. The maximum absolute atomic E-state index is 12.8. The molecule has 1 aromatic heterocycles. The van der Waals surface area contributed by atoms with Crippen molar-refractivity contribution in [1.29, 1.82) is 0 Å². The van der Waals surface area contributed by atoms with Crippen molar-refractivity contribution in [2.24, 2.45) is 5.92 Å². The Labute approximate surface area is 141 Å². The fourth-order valence-corrected chi connectivity index (χ4v) is 4.64. The fraction of sp³-hybridized carbons (Fsp3) is 0.765. The lowest BCUT2D eigenvalue weighted by atomic mass is 9.84. The van der Waals surface area contributed by atoms with Gasteiger partial charge >= 0.3 is 5.97 Å². The normalized spacial score (nSPS) is 32.0. The van der Waals surface area contributed by atoms with Crippen LogP contribution >= 0.6 is 0 Å². The van der Waals surface area contributed by atoms with E-state index in [2.05, 4.69) is 15.4 Å². The van der Waals surface area contributed by atoms with Crippen LogP contribution in [0.25, 0.3) is 0 Å². The molecule has 2 heterocycles. The molecule has 1 atom stereocenters. The SMILES string of the molecule is O=C1CC(C(=O)NC2CCC(n3cncn3)CC2)C2(CCCC2)O1. The summed E-state index contributed by atoms with van der Waals surface area (Å²) in [5.74, 6) is -0.514. The van der Waals surface area contributed by atoms with Gasteiger partial charge in [0.2, 0.25) is 5.91 Å². The summed E-state index contributed by atoms with van der Waals surface area (Å²) >= 11 is 0. The molecular weight excluding hydrogens is 308 g/mol. The van der Waals surface area contributed by atoms with Crippen LogP contribution < -0.4 is 5.32 Å². The predicted octanol–water partition coefficient (Wildman–Crippen LogP) is 1.75. The molecule has 0 radical (unpaired) electrons. The molecule has 3 aliphatic rings. The Balaban J connectivity index is 1.34. The summed E-state index contributed by atoms with van der Waals surface area (Å²) in [6.07, 6.45) is 11.1. The topological polar surface area (TPSA) is 86.1 Å².